The number of nitrogens with zero attached hydrogens (tertiary/aromatic N) is 1. The summed E-state index contributed by atoms with van der Waals surface area (Å²) in [5, 5.41) is 0. The largest absolute Gasteiger partial charge is 0.393 e. The molecule has 138 valence electrons. The topological polar surface area (TPSA) is 66.5 Å². The van der Waals surface area contributed by atoms with Crippen LogP contribution < -0.4 is 4.72 Å². The molecule has 25 heavy (non-hydrogen) atoms. The van der Waals surface area contributed by atoms with Crippen molar-refractivity contribution in [2.75, 3.05) is 24.1 Å². The number of carbonyl (C=O) groups is 1. The van der Waals surface area contributed by atoms with E-state index in [0.717, 1.165) is 6.26 Å². The van der Waals surface area contributed by atoms with E-state index in [2.05, 4.69) is 4.72 Å². The highest BCUT2D eigenvalue weighted by Gasteiger charge is 2.42. The summed E-state index contributed by atoms with van der Waals surface area (Å²) < 4.78 is 62.9. The zero-order valence-corrected chi connectivity index (χ0v) is 14.4. The zero-order valence-electron chi connectivity index (χ0n) is 13.6. The van der Waals surface area contributed by atoms with Gasteiger partial charge in [0.2, 0.25) is 15.9 Å². The molecule has 0 radical (unpaired) electrons. The van der Waals surface area contributed by atoms with Gasteiger partial charge in [-0.15, -0.1) is 0 Å². The highest BCUT2D eigenvalue weighted by molar-refractivity contribution is 7.92. The second-order valence-electron chi connectivity index (χ2n) is 5.99. The first-order valence-corrected chi connectivity index (χ1v) is 9.55. The number of sulfonamides is 1. The van der Waals surface area contributed by atoms with Gasteiger partial charge in [-0.25, -0.2) is 8.42 Å². The van der Waals surface area contributed by atoms with Gasteiger partial charge in [-0.05, 0) is 36.6 Å². The van der Waals surface area contributed by atoms with Crippen molar-refractivity contribution in [3.05, 3.63) is 35.9 Å². The van der Waals surface area contributed by atoms with Crippen LogP contribution in [0.25, 0.3) is 6.08 Å². The van der Waals surface area contributed by atoms with Crippen LogP contribution in [0.4, 0.5) is 18.9 Å². The summed E-state index contributed by atoms with van der Waals surface area (Å²) in [6, 6.07) is 6.27. The predicted octanol–water partition coefficient (Wildman–Crippen LogP) is 2.87. The van der Waals surface area contributed by atoms with Crippen molar-refractivity contribution in [3.8, 4) is 0 Å². The molecule has 1 aromatic carbocycles. The molecule has 0 spiro atoms. The summed E-state index contributed by atoms with van der Waals surface area (Å²) in [6.45, 7) is -0.00311. The third-order valence-corrected chi connectivity index (χ3v) is 4.43. The number of likely N-dealkylation sites (tertiary alicyclic amines) is 1. The van der Waals surface area contributed by atoms with Gasteiger partial charge in [0.15, 0.2) is 0 Å². The maximum absolute atomic E-state index is 12.8. The summed E-state index contributed by atoms with van der Waals surface area (Å²) in [5.74, 6) is -1.94. The Bertz CT molecular complexity index is 743. The molecule has 0 aromatic heterocycles. The lowest BCUT2D eigenvalue weighted by atomic mass is 9.97. The van der Waals surface area contributed by atoms with Crippen molar-refractivity contribution in [1.29, 1.82) is 0 Å². The zero-order chi connectivity index (χ0) is 18.7. The van der Waals surface area contributed by atoms with Gasteiger partial charge in [0, 0.05) is 24.9 Å². The number of nitrogens with one attached hydrogen (secondary N) is 1. The maximum atomic E-state index is 12.8. The normalized spacial score (nSPS) is 19.2. The molecular formula is C16H19F3N2O3S. The number of piperidine rings is 1. The van der Waals surface area contributed by atoms with Crippen molar-refractivity contribution in [1.82, 2.24) is 4.90 Å². The van der Waals surface area contributed by atoms with Gasteiger partial charge in [0.1, 0.15) is 0 Å². The average molecular weight is 376 g/mol. The van der Waals surface area contributed by atoms with Crippen molar-refractivity contribution in [2.24, 2.45) is 5.92 Å². The molecule has 1 aliphatic rings. The van der Waals surface area contributed by atoms with Gasteiger partial charge in [-0.3, -0.25) is 9.52 Å². The van der Waals surface area contributed by atoms with Crippen LogP contribution in [-0.2, 0) is 14.8 Å². The molecule has 1 heterocycles. The van der Waals surface area contributed by atoms with Gasteiger partial charge in [0.25, 0.3) is 0 Å². The van der Waals surface area contributed by atoms with Gasteiger partial charge >= 0.3 is 6.18 Å². The van der Waals surface area contributed by atoms with E-state index in [1.807, 2.05) is 0 Å². The van der Waals surface area contributed by atoms with E-state index in [-0.39, 0.29) is 13.0 Å². The molecule has 2 rings (SSSR count). The van der Waals surface area contributed by atoms with Crippen LogP contribution in [0.15, 0.2) is 30.3 Å². The second-order valence-corrected chi connectivity index (χ2v) is 7.74. The van der Waals surface area contributed by atoms with Gasteiger partial charge < -0.3 is 4.90 Å². The summed E-state index contributed by atoms with van der Waals surface area (Å²) in [7, 11) is -3.37. The summed E-state index contributed by atoms with van der Waals surface area (Å²) >= 11 is 0. The molecular weight excluding hydrogens is 357 g/mol. The first kappa shape index (κ1) is 19.3. The molecule has 1 saturated heterocycles. The third-order valence-electron chi connectivity index (χ3n) is 3.83. The van der Waals surface area contributed by atoms with Crippen molar-refractivity contribution in [3.63, 3.8) is 0 Å². The standard InChI is InChI=1S/C16H19F3N2O3S/c1-25(23,24)20-14-7-4-12(5-8-14)6-9-15(22)21-10-2-3-13(11-21)16(17,18)19/h4-9,13,20H,2-3,10-11H2,1H3/b9-6+/t13-/m1/s1. The van der Waals surface area contributed by atoms with E-state index in [0.29, 0.717) is 24.2 Å². The number of halogens is 3. The monoisotopic (exact) mass is 376 g/mol. The Morgan fingerprint density at radius 1 is 1.28 bits per heavy atom. The van der Waals surface area contributed by atoms with Crippen molar-refractivity contribution >= 4 is 27.7 Å². The van der Waals surface area contributed by atoms with E-state index in [1.54, 1.807) is 12.1 Å². The first-order valence-electron chi connectivity index (χ1n) is 7.66. The van der Waals surface area contributed by atoms with Crippen LogP contribution in [0.5, 0.6) is 0 Å². The van der Waals surface area contributed by atoms with E-state index in [9.17, 15) is 26.4 Å². The molecule has 1 fully saturated rings. The molecule has 1 N–H and O–H groups in total. The number of carbonyl (C=O) groups excluding carboxylic acids is 1. The Balaban J connectivity index is 1.98. The second kappa shape index (κ2) is 7.47. The number of hydrogen-bond donors (Lipinski definition) is 1. The van der Waals surface area contributed by atoms with Crippen LogP contribution in [0.2, 0.25) is 0 Å². The van der Waals surface area contributed by atoms with E-state index in [4.69, 9.17) is 0 Å². The Hall–Kier alpha value is -2.03. The van der Waals surface area contributed by atoms with Crippen LogP contribution in [0.3, 0.4) is 0 Å². The Morgan fingerprint density at radius 2 is 1.92 bits per heavy atom. The molecule has 0 unspecified atom stereocenters. The highest BCUT2D eigenvalue weighted by atomic mass is 32.2. The Labute approximate surface area is 144 Å². The van der Waals surface area contributed by atoms with Gasteiger partial charge in [-0.1, -0.05) is 12.1 Å². The molecule has 0 aliphatic carbocycles. The lowest BCUT2D eigenvalue weighted by Crippen LogP contribution is -2.44. The van der Waals surface area contributed by atoms with Crippen LogP contribution in [0, 0.1) is 5.92 Å². The number of benzene rings is 1. The van der Waals surface area contributed by atoms with E-state index in [1.165, 1.54) is 29.2 Å². The van der Waals surface area contributed by atoms with E-state index < -0.39 is 28.0 Å². The minimum Gasteiger partial charge on any atom is -0.339 e. The maximum Gasteiger partial charge on any atom is 0.393 e. The van der Waals surface area contributed by atoms with Gasteiger partial charge in [-0.2, -0.15) is 13.2 Å². The minimum absolute atomic E-state index is 0.0474. The number of rotatable bonds is 4. The van der Waals surface area contributed by atoms with Gasteiger partial charge in [0.05, 0.1) is 12.2 Å². The predicted molar refractivity (Wildman–Crippen MR) is 89.3 cm³/mol. The fraction of sp³-hybridized carbons (Fsp3) is 0.438. The molecule has 1 atom stereocenters. The summed E-state index contributed by atoms with van der Waals surface area (Å²) in [5.41, 5.74) is 1.02. The third kappa shape index (κ3) is 6.08. The summed E-state index contributed by atoms with van der Waals surface area (Å²) in [4.78, 5) is 13.3. The highest BCUT2D eigenvalue weighted by Crippen LogP contribution is 2.33. The van der Waals surface area contributed by atoms with Crippen LogP contribution in [-0.4, -0.2) is 44.7 Å². The average Bonchev–Trinajstić information content (AvgIpc) is 2.52. The van der Waals surface area contributed by atoms with Crippen molar-refractivity contribution < 1.29 is 26.4 Å². The number of alkyl halides is 3. The molecule has 1 aromatic rings. The molecule has 5 nitrogen and oxygen atoms in total. The first-order chi connectivity index (χ1) is 11.5. The fourth-order valence-electron chi connectivity index (χ4n) is 2.59. The Morgan fingerprint density at radius 3 is 2.48 bits per heavy atom. The van der Waals surface area contributed by atoms with E-state index >= 15 is 0 Å². The lowest BCUT2D eigenvalue weighted by Gasteiger charge is -2.33. The quantitative estimate of drug-likeness (QED) is 0.822. The number of anilines is 1. The fourth-order valence-corrected chi connectivity index (χ4v) is 3.16. The Kier molecular flexibility index (Phi) is 5.76. The van der Waals surface area contributed by atoms with Crippen LogP contribution in [0.1, 0.15) is 18.4 Å². The molecule has 0 saturated carbocycles. The van der Waals surface area contributed by atoms with Crippen molar-refractivity contribution in [2.45, 2.75) is 19.0 Å². The lowest BCUT2D eigenvalue weighted by molar-refractivity contribution is -0.187. The number of hydrogen-bond acceptors (Lipinski definition) is 3. The number of amides is 1. The summed E-state index contributed by atoms with van der Waals surface area (Å²) in [6.07, 6.45) is -0.152. The molecule has 1 aliphatic heterocycles. The van der Waals surface area contributed by atoms with Crippen LogP contribution >= 0.6 is 0 Å². The SMILES string of the molecule is CS(=O)(=O)Nc1ccc(/C=C/C(=O)N2CCC[C@@H](C(F)(F)F)C2)cc1. The molecule has 1 amide bonds. The minimum atomic E-state index is -4.29. The molecule has 9 heteroatoms. The molecule has 0 bridgehead atoms. The smallest absolute Gasteiger partial charge is 0.339 e.